The number of carbonyl (C=O) groups is 2. The first-order valence-electron chi connectivity index (χ1n) is 7.65. The van der Waals surface area contributed by atoms with Gasteiger partial charge in [0.15, 0.2) is 0 Å². The van der Waals surface area contributed by atoms with E-state index in [0.29, 0.717) is 19.6 Å². The Labute approximate surface area is 129 Å². The van der Waals surface area contributed by atoms with Crippen LogP contribution in [-0.4, -0.2) is 79.0 Å². The summed E-state index contributed by atoms with van der Waals surface area (Å²) in [6.07, 6.45) is 1.80. The summed E-state index contributed by atoms with van der Waals surface area (Å²) < 4.78 is 0. The van der Waals surface area contributed by atoms with E-state index in [9.17, 15) is 9.59 Å². The number of nitrogens with zero attached hydrogens (tertiary/aromatic N) is 4. The van der Waals surface area contributed by atoms with Gasteiger partial charge in [-0.3, -0.25) is 14.5 Å². The highest BCUT2D eigenvalue weighted by molar-refractivity contribution is 5.86. The topological polar surface area (TPSA) is 68.8 Å². The van der Waals surface area contributed by atoms with Crippen LogP contribution in [-0.2, 0) is 9.59 Å². The maximum Gasteiger partial charge on any atom is 0.239 e. The standard InChI is InChI=1S/C15H21N5O2/c21-14-11-20(6-5-17-14)15(22)12-18-7-9-19(10-8-18)13-3-1-2-4-16-13/h1-4H,5-12H2,(H,17,21). The van der Waals surface area contributed by atoms with Crippen LogP contribution in [0.4, 0.5) is 5.82 Å². The van der Waals surface area contributed by atoms with Crippen LogP contribution in [0.15, 0.2) is 24.4 Å². The van der Waals surface area contributed by atoms with E-state index >= 15 is 0 Å². The Hall–Kier alpha value is -2.15. The number of anilines is 1. The van der Waals surface area contributed by atoms with Gasteiger partial charge >= 0.3 is 0 Å². The molecule has 0 saturated carbocycles. The molecular weight excluding hydrogens is 282 g/mol. The SMILES string of the molecule is O=C1CN(C(=O)CN2CCN(c3ccccn3)CC2)CCN1. The Balaban J connectivity index is 1.47. The number of carbonyl (C=O) groups excluding carboxylic acids is 2. The summed E-state index contributed by atoms with van der Waals surface area (Å²) in [6.45, 7) is 5.15. The predicted octanol–water partition coefficient (Wildman–Crippen LogP) is -0.838. The molecule has 0 atom stereocenters. The van der Waals surface area contributed by atoms with Crippen LogP contribution < -0.4 is 10.2 Å². The summed E-state index contributed by atoms with van der Waals surface area (Å²) in [5.41, 5.74) is 0. The Kier molecular flexibility index (Phi) is 4.53. The first-order valence-corrected chi connectivity index (χ1v) is 7.65. The van der Waals surface area contributed by atoms with Gasteiger partial charge in [-0.25, -0.2) is 4.98 Å². The number of piperazine rings is 2. The molecule has 22 heavy (non-hydrogen) atoms. The molecule has 0 aromatic carbocycles. The van der Waals surface area contributed by atoms with E-state index in [4.69, 9.17) is 0 Å². The minimum atomic E-state index is -0.0698. The number of hydrogen-bond acceptors (Lipinski definition) is 5. The van der Waals surface area contributed by atoms with Crippen molar-refractivity contribution in [2.75, 3.05) is 57.3 Å². The van der Waals surface area contributed by atoms with E-state index in [1.165, 1.54) is 0 Å². The van der Waals surface area contributed by atoms with Crippen molar-refractivity contribution < 1.29 is 9.59 Å². The molecule has 0 spiro atoms. The van der Waals surface area contributed by atoms with Crippen LogP contribution in [0.3, 0.4) is 0 Å². The molecule has 3 heterocycles. The summed E-state index contributed by atoms with van der Waals surface area (Å²) in [5.74, 6) is 0.960. The number of amides is 2. The molecule has 7 nitrogen and oxygen atoms in total. The lowest BCUT2D eigenvalue weighted by Gasteiger charge is -2.36. The Morgan fingerprint density at radius 1 is 1.18 bits per heavy atom. The fourth-order valence-electron chi connectivity index (χ4n) is 2.82. The molecule has 1 aromatic rings. The van der Waals surface area contributed by atoms with Gasteiger partial charge in [0.1, 0.15) is 5.82 Å². The molecule has 2 amide bonds. The van der Waals surface area contributed by atoms with E-state index in [1.54, 1.807) is 11.1 Å². The largest absolute Gasteiger partial charge is 0.354 e. The second kappa shape index (κ2) is 6.74. The molecular formula is C15H21N5O2. The van der Waals surface area contributed by atoms with Crippen molar-refractivity contribution in [2.45, 2.75) is 0 Å². The molecule has 2 aliphatic heterocycles. The summed E-state index contributed by atoms with van der Waals surface area (Å²) in [7, 11) is 0. The van der Waals surface area contributed by atoms with E-state index in [1.807, 2.05) is 18.2 Å². The third-order valence-corrected chi connectivity index (χ3v) is 4.10. The molecule has 2 aliphatic rings. The van der Waals surface area contributed by atoms with Crippen molar-refractivity contribution in [2.24, 2.45) is 0 Å². The number of nitrogens with one attached hydrogen (secondary N) is 1. The van der Waals surface area contributed by atoms with Gasteiger partial charge in [0, 0.05) is 45.5 Å². The maximum absolute atomic E-state index is 12.2. The quantitative estimate of drug-likeness (QED) is 0.789. The predicted molar refractivity (Wildman–Crippen MR) is 82.5 cm³/mol. The zero-order valence-corrected chi connectivity index (χ0v) is 12.6. The first-order chi connectivity index (χ1) is 10.7. The van der Waals surface area contributed by atoms with Crippen molar-refractivity contribution in [3.8, 4) is 0 Å². The molecule has 3 rings (SSSR count). The molecule has 0 aliphatic carbocycles. The molecule has 7 heteroatoms. The van der Waals surface area contributed by atoms with Gasteiger partial charge in [0.2, 0.25) is 11.8 Å². The van der Waals surface area contributed by atoms with Crippen LogP contribution in [0.25, 0.3) is 0 Å². The lowest BCUT2D eigenvalue weighted by molar-refractivity contribution is -0.139. The van der Waals surface area contributed by atoms with Crippen LogP contribution >= 0.6 is 0 Å². The Morgan fingerprint density at radius 2 is 2.00 bits per heavy atom. The second-order valence-electron chi connectivity index (χ2n) is 5.62. The van der Waals surface area contributed by atoms with Crippen molar-refractivity contribution >= 4 is 17.6 Å². The lowest BCUT2D eigenvalue weighted by Crippen LogP contribution is -2.54. The normalized spacial score (nSPS) is 19.9. The Morgan fingerprint density at radius 3 is 2.68 bits per heavy atom. The third-order valence-electron chi connectivity index (χ3n) is 4.10. The molecule has 0 unspecified atom stereocenters. The van der Waals surface area contributed by atoms with Gasteiger partial charge in [-0.05, 0) is 12.1 Å². The monoisotopic (exact) mass is 303 g/mol. The molecule has 1 N–H and O–H groups in total. The molecule has 118 valence electrons. The van der Waals surface area contributed by atoms with E-state index < -0.39 is 0 Å². The van der Waals surface area contributed by atoms with E-state index in [-0.39, 0.29) is 18.4 Å². The summed E-state index contributed by atoms with van der Waals surface area (Å²) >= 11 is 0. The third kappa shape index (κ3) is 3.54. The zero-order chi connectivity index (χ0) is 15.4. The van der Waals surface area contributed by atoms with Crippen LogP contribution in [0.5, 0.6) is 0 Å². The van der Waals surface area contributed by atoms with Crippen molar-refractivity contribution in [3.63, 3.8) is 0 Å². The smallest absolute Gasteiger partial charge is 0.239 e. The van der Waals surface area contributed by atoms with Crippen molar-refractivity contribution in [3.05, 3.63) is 24.4 Å². The van der Waals surface area contributed by atoms with Crippen LogP contribution in [0.1, 0.15) is 0 Å². The Bertz CT molecular complexity index is 528. The number of hydrogen-bond donors (Lipinski definition) is 1. The molecule has 1 aromatic heterocycles. The molecule has 2 saturated heterocycles. The van der Waals surface area contributed by atoms with Crippen molar-refractivity contribution in [1.29, 1.82) is 0 Å². The van der Waals surface area contributed by atoms with Crippen LogP contribution in [0, 0.1) is 0 Å². The van der Waals surface area contributed by atoms with Crippen LogP contribution in [0.2, 0.25) is 0 Å². The average molecular weight is 303 g/mol. The van der Waals surface area contributed by atoms with Gasteiger partial charge in [0.05, 0.1) is 13.1 Å². The summed E-state index contributed by atoms with van der Waals surface area (Å²) in [6, 6.07) is 5.90. The fraction of sp³-hybridized carbons (Fsp3) is 0.533. The molecule has 2 fully saturated rings. The highest BCUT2D eigenvalue weighted by Crippen LogP contribution is 2.12. The second-order valence-corrected chi connectivity index (χ2v) is 5.62. The number of pyridine rings is 1. The lowest BCUT2D eigenvalue weighted by atomic mass is 10.2. The molecule has 0 bridgehead atoms. The highest BCUT2D eigenvalue weighted by Gasteiger charge is 2.25. The van der Waals surface area contributed by atoms with Crippen molar-refractivity contribution in [1.82, 2.24) is 20.1 Å². The minimum absolute atomic E-state index is 0.0427. The number of aromatic nitrogens is 1. The van der Waals surface area contributed by atoms with Gasteiger partial charge in [-0.15, -0.1) is 0 Å². The first kappa shape index (κ1) is 14.8. The highest BCUT2D eigenvalue weighted by atomic mass is 16.2. The summed E-state index contributed by atoms with van der Waals surface area (Å²) in [5, 5.41) is 2.73. The zero-order valence-electron chi connectivity index (χ0n) is 12.6. The van der Waals surface area contributed by atoms with E-state index in [2.05, 4.69) is 20.1 Å². The van der Waals surface area contributed by atoms with Gasteiger partial charge in [-0.1, -0.05) is 6.07 Å². The van der Waals surface area contributed by atoms with Gasteiger partial charge in [0.25, 0.3) is 0 Å². The average Bonchev–Trinajstić information content (AvgIpc) is 2.56. The minimum Gasteiger partial charge on any atom is -0.354 e. The number of rotatable bonds is 3. The molecule has 0 radical (unpaired) electrons. The maximum atomic E-state index is 12.2. The summed E-state index contributed by atoms with van der Waals surface area (Å²) in [4.78, 5) is 34.0. The van der Waals surface area contributed by atoms with E-state index in [0.717, 1.165) is 32.0 Å². The van der Waals surface area contributed by atoms with Gasteiger partial charge in [-0.2, -0.15) is 0 Å². The van der Waals surface area contributed by atoms with Gasteiger partial charge < -0.3 is 15.1 Å². The fourth-order valence-corrected chi connectivity index (χ4v) is 2.82.